The van der Waals surface area contributed by atoms with Crippen molar-refractivity contribution < 1.29 is 14.3 Å². The number of aromatic nitrogens is 2. The van der Waals surface area contributed by atoms with Gasteiger partial charge in [0, 0.05) is 18.7 Å². The van der Waals surface area contributed by atoms with Crippen molar-refractivity contribution in [1.82, 2.24) is 15.1 Å². The van der Waals surface area contributed by atoms with Crippen LogP contribution in [0.2, 0.25) is 0 Å². The highest BCUT2D eigenvalue weighted by molar-refractivity contribution is 8.01. The van der Waals surface area contributed by atoms with Gasteiger partial charge in [0.15, 0.2) is 4.34 Å². The Morgan fingerprint density at radius 2 is 1.81 bits per heavy atom. The van der Waals surface area contributed by atoms with E-state index in [-0.39, 0.29) is 11.8 Å². The highest BCUT2D eigenvalue weighted by atomic mass is 32.2. The molecule has 0 aliphatic carbocycles. The quantitative estimate of drug-likeness (QED) is 0.411. The highest BCUT2D eigenvalue weighted by Gasteiger charge is 2.25. The molecule has 1 saturated heterocycles. The molecule has 1 N–H and O–H groups in total. The Morgan fingerprint density at radius 1 is 1.09 bits per heavy atom. The number of hydrogen-bond acceptors (Lipinski definition) is 7. The number of thioether (sulfide) groups is 1. The van der Waals surface area contributed by atoms with Crippen molar-refractivity contribution in [2.45, 2.75) is 23.1 Å². The van der Waals surface area contributed by atoms with Crippen molar-refractivity contribution in [3.63, 3.8) is 0 Å². The van der Waals surface area contributed by atoms with Crippen LogP contribution in [0.5, 0.6) is 5.75 Å². The van der Waals surface area contributed by atoms with Crippen LogP contribution < -0.4 is 10.1 Å². The summed E-state index contributed by atoms with van der Waals surface area (Å²) in [5.41, 5.74) is 1.78. The number of amides is 2. The Labute approximate surface area is 195 Å². The number of rotatable bonds is 7. The molecule has 1 aliphatic heterocycles. The molecule has 1 aromatic heterocycles. The summed E-state index contributed by atoms with van der Waals surface area (Å²) in [5.74, 6) is 1.49. The van der Waals surface area contributed by atoms with Crippen LogP contribution in [0.4, 0.5) is 5.13 Å². The van der Waals surface area contributed by atoms with Crippen molar-refractivity contribution in [3.8, 4) is 5.75 Å². The minimum atomic E-state index is -0.229. The van der Waals surface area contributed by atoms with Crippen LogP contribution in [-0.2, 0) is 4.79 Å². The fraction of sp³-hybridized carbons (Fsp3) is 0.304. The van der Waals surface area contributed by atoms with E-state index in [4.69, 9.17) is 4.74 Å². The second-order valence-corrected chi connectivity index (χ2v) is 9.58. The van der Waals surface area contributed by atoms with Gasteiger partial charge in [-0.3, -0.25) is 14.9 Å². The lowest BCUT2D eigenvalue weighted by Gasteiger charge is -2.32. The molecule has 0 spiro atoms. The molecule has 2 amide bonds. The molecule has 0 unspecified atom stereocenters. The lowest BCUT2D eigenvalue weighted by atomic mass is 9.89. The van der Waals surface area contributed by atoms with Gasteiger partial charge in [-0.05, 0) is 42.5 Å². The smallest absolute Gasteiger partial charge is 0.257 e. The molecule has 3 aromatic rings. The van der Waals surface area contributed by atoms with Gasteiger partial charge in [-0.2, -0.15) is 0 Å². The number of para-hydroxylation sites is 1. The topological polar surface area (TPSA) is 84.4 Å². The second kappa shape index (κ2) is 10.6. The molecule has 4 rings (SSSR count). The average molecular weight is 469 g/mol. The van der Waals surface area contributed by atoms with Crippen molar-refractivity contribution in [2.24, 2.45) is 0 Å². The second-order valence-electron chi connectivity index (χ2n) is 7.38. The molecule has 9 heteroatoms. The first-order valence-electron chi connectivity index (χ1n) is 10.4. The summed E-state index contributed by atoms with van der Waals surface area (Å²) < 4.78 is 6.15. The zero-order valence-electron chi connectivity index (χ0n) is 17.7. The normalized spacial score (nSPS) is 14.2. The molecule has 32 heavy (non-hydrogen) atoms. The van der Waals surface area contributed by atoms with Crippen molar-refractivity contribution in [3.05, 3.63) is 65.7 Å². The molecule has 1 fully saturated rings. The van der Waals surface area contributed by atoms with Gasteiger partial charge < -0.3 is 9.64 Å². The Bertz CT molecular complexity index is 1070. The van der Waals surface area contributed by atoms with E-state index in [0.29, 0.717) is 26.7 Å². The van der Waals surface area contributed by atoms with E-state index in [1.54, 1.807) is 31.4 Å². The third-order valence-electron chi connectivity index (χ3n) is 5.41. The number of piperidine rings is 1. The summed E-state index contributed by atoms with van der Waals surface area (Å²) in [4.78, 5) is 26.8. The van der Waals surface area contributed by atoms with Crippen LogP contribution in [0.25, 0.3) is 0 Å². The monoisotopic (exact) mass is 468 g/mol. The van der Waals surface area contributed by atoms with E-state index >= 15 is 0 Å². The van der Waals surface area contributed by atoms with Gasteiger partial charge in [0.05, 0.1) is 12.9 Å². The summed E-state index contributed by atoms with van der Waals surface area (Å²) in [5, 5.41) is 11.3. The molecule has 1 aliphatic rings. The van der Waals surface area contributed by atoms with Crippen LogP contribution >= 0.6 is 23.1 Å². The first-order chi connectivity index (χ1) is 15.6. The maximum Gasteiger partial charge on any atom is 0.257 e. The molecular formula is C23H24N4O3S2. The van der Waals surface area contributed by atoms with E-state index < -0.39 is 0 Å². The molecular weight excluding hydrogens is 444 g/mol. The number of carbonyl (C=O) groups is 2. The van der Waals surface area contributed by atoms with E-state index in [1.165, 1.54) is 28.7 Å². The number of carbonyl (C=O) groups excluding carboxylic acids is 2. The third-order valence-corrected chi connectivity index (χ3v) is 7.37. The number of benzene rings is 2. The zero-order chi connectivity index (χ0) is 22.3. The van der Waals surface area contributed by atoms with Gasteiger partial charge in [-0.1, -0.05) is 59.5 Å². The molecule has 2 aromatic carbocycles. The summed E-state index contributed by atoms with van der Waals surface area (Å²) >= 11 is 2.62. The minimum Gasteiger partial charge on any atom is -0.496 e. The Morgan fingerprint density at radius 3 is 2.56 bits per heavy atom. The fourth-order valence-corrected chi connectivity index (χ4v) is 5.39. The molecule has 0 bridgehead atoms. The number of anilines is 1. The SMILES string of the molecule is COc1ccccc1C1CCN(C(=O)CSc2nnc(NC(=O)c3ccccc3)s2)CC1. The first kappa shape index (κ1) is 22.3. The van der Waals surface area contributed by atoms with Crippen LogP contribution in [0.15, 0.2) is 58.9 Å². The van der Waals surface area contributed by atoms with E-state index in [0.717, 1.165) is 31.7 Å². The molecule has 2 heterocycles. The molecule has 166 valence electrons. The lowest BCUT2D eigenvalue weighted by Crippen LogP contribution is -2.39. The van der Waals surface area contributed by atoms with Gasteiger partial charge in [-0.25, -0.2) is 0 Å². The zero-order valence-corrected chi connectivity index (χ0v) is 19.3. The Kier molecular flexibility index (Phi) is 7.39. The van der Waals surface area contributed by atoms with Crippen LogP contribution in [0.3, 0.4) is 0 Å². The van der Waals surface area contributed by atoms with Crippen LogP contribution in [0, 0.1) is 0 Å². The molecule has 0 saturated carbocycles. The number of methoxy groups -OCH3 is 1. The lowest BCUT2D eigenvalue weighted by molar-refractivity contribution is -0.129. The minimum absolute atomic E-state index is 0.0959. The fourth-order valence-electron chi connectivity index (χ4n) is 3.74. The number of nitrogens with one attached hydrogen (secondary N) is 1. The Balaban J connectivity index is 1.25. The van der Waals surface area contributed by atoms with E-state index in [2.05, 4.69) is 21.6 Å². The molecule has 0 atom stereocenters. The first-order valence-corrected chi connectivity index (χ1v) is 12.2. The van der Waals surface area contributed by atoms with Gasteiger partial charge in [0.25, 0.3) is 5.91 Å². The largest absolute Gasteiger partial charge is 0.496 e. The van der Waals surface area contributed by atoms with E-state index in [1.807, 2.05) is 29.2 Å². The summed E-state index contributed by atoms with van der Waals surface area (Å²) in [6.07, 6.45) is 1.84. The maximum absolute atomic E-state index is 12.7. The Hall–Kier alpha value is -2.91. The predicted molar refractivity (Wildman–Crippen MR) is 127 cm³/mol. The maximum atomic E-state index is 12.7. The van der Waals surface area contributed by atoms with Crippen molar-refractivity contribution >= 4 is 40.0 Å². The number of hydrogen-bond donors (Lipinski definition) is 1. The summed E-state index contributed by atoms with van der Waals surface area (Å²) in [6, 6.07) is 17.1. The van der Waals surface area contributed by atoms with Crippen LogP contribution in [-0.4, -0.2) is 52.9 Å². The van der Waals surface area contributed by atoms with Gasteiger partial charge in [-0.15, -0.1) is 10.2 Å². The third kappa shape index (κ3) is 5.46. The van der Waals surface area contributed by atoms with E-state index in [9.17, 15) is 9.59 Å². The van der Waals surface area contributed by atoms with Gasteiger partial charge in [0.2, 0.25) is 11.0 Å². The number of ether oxygens (including phenoxy) is 1. The van der Waals surface area contributed by atoms with Crippen molar-refractivity contribution in [2.75, 3.05) is 31.3 Å². The molecule has 7 nitrogen and oxygen atoms in total. The standard InChI is InChI=1S/C23H24N4O3S2/c1-30-19-10-6-5-9-18(19)16-11-13-27(14-12-16)20(28)15-31-23-26-25-22(32-23)24-21(29)17-7-3-2-4-8-17/h2-10,16H,11-15H2,1H3,(H,24,25,29). The number of nitrogens with zero attached hydrogens (tertiary/aromatic N) is 3. The summed E-state index contributed by atoms with van der Waals surface area (Å²) in [7, 11) is 1.70. The van der Waals surface area contributed by atoms with Gasteiger partial charge in [0.1, 0.15) is 5.75 Å². The average Bonchev–Trinajstić information content (AvgIpc) is 3.30. The predicted octanol–water partition coefficient (Wildman–Crippen LogP) is 4.30. The molecule has 0 radical (unpaired) electrons. The van der Waals surface area contributed by atoms with Crippen molar-refractivity contribution in [1.29, 1.82) is 0 Å². The van der Waals surface area contributed by atoms with Crippen LogP contribution in [0.1, 0.15) is 34.7 Å². The summed E-state index contributed by atoms with van der Waals surface area (Å²) in [6.45, 7) is 1.47. The highest BCUT2D eigenvalue weighted by Crippen LogP contribution is 2.34. The number of likely N-dealkylation sites (tertiary alicyclic amines) is 1. The van der Waals surface area contributed by atoms with Gasteiger partial charge >= 0.3 is 0 Å².